The molecular formula is C11H8FNO3. The number of aromatic carboxylic acids is 1. The molecular weight excluding hydrogens is 213 g/mol. The first-order chi connectivity index (χ1) is 7.61. The first-order valence-corrected chi connectivity index (χ1v) is 4.49. The second kappa shape index (κ2) is 3.77. The Morgan fingerprint density at radius 2 is 2.19 bits per heavy atom. The van der Waals surface area contributed by atoms with Crippen LogP contribution in [0.1, 0.15) is 10.4 Å². The van der Waals surface area contributed by atoms with Crippen LogP contribution >= 0.6 is 0 Å². The number of hydrogen-bond acceptors (Lipinski definition) is 3. The second-order valence-electron chi connectivity index (χ2n) is 3.19. The van der Waals surface area contributed by atoms with Gasteiger partial charge in [0, 0.05) is 5.39 Å². The minimum Gasteiger partial charge on any atom is -0.480 e. The van der Waals surface area contributed by atoms with Crippen molar-refractivity contribution in [2.24, 2.45) is 0 Å². The average molecular weight is 221 g/mol. The number of aromatic nitrogens is 1. The summed E-state index contributed by atoms with van der Waals surface area (Å²) in [6, 6.07) is 5.30. The van der Waals surface area contributed by atoms with Gasteiger partial charge >= 0.3 is 5.97 Å². The standard InChI is InChI=1S/C11H8FNO3/c1-16-10-8(11(14)15)5-6-4-7(12)2-3-9(6)13-10/h2-5H,1H3,(H,14,15). The molecule has 16 heavy (non-hydrogen) atoms. The number of fused-ring (bicyclic) bond motifs is 1. The van der Waals surface area contributed by atoms with Gasteiger partial charge in [0.1, 0.15) is 11.4 Å². The summed E-state index contributed by atoms with van der Waals surface area (Å²) in [7, 11) is 1.34. The van der Waals surface area contributed by atoms with Gasteiger partial charge in [-0.25, -0.2) is 14.2 Å². The van der Waals surface area contributed by atoms with Crippen molar-refractivity contribution in [1.29, 1.82) is 0 Å². The highest BCUT2D eigenvalue weighted by atomic mass is 19.1. The SMILES string of the molecule is COc1nc2ccc(F)cc2cc1C(=O)O. The Balaban J connectivity index is 2.75. The van der Waals surface area contributed by atoms with Crippen molar-refractivity contribution in [3.05, 3.63) is 35.6 Å². The Morgan fingerprint density at radius 1 is 1.44 bits per heavy atom. The van der Waals surface area contributed by atoms with Crippen molar-refractivity contribution < 1.29 is 19.0 Å². The lowest BCUT2D eigenvalue weighted by molar-refractivity contribution is 0.0692. The number of hydrogen-bond donors (Lipinski definition) is 1. The summed E-state index contributed by atoms with van der Waals surface area (Å²) in [6.07, 6.45) is 0. The van der Waals surface area contributed by atoms with Gasteiger partial charge in [-0.05, 0) is 24.3 Å². The fourth-order valence-electron chi connectivity index (χ4n) is 1.44. The molecule has 0 saturated heterocycles. The average Bonchev–Trinajstić information content (AvgIpc) is 2.27. The van der Waals surface area contributed by atoms with Crippen LogP contribution in [0.25, 0.3) is 10.9 Å². The van der Waals surface area contributed by atoms with E-state index in [-0.39, 0.29) is 11.4 Å². The van der Waals surface area contributed by atoms with E-state index in [1.165, 1.54) is 31.4 Å². The maximum atomic E-state index is 12.9. The summed E-state index contributed by atoms with van der Waals surface area (Å²) in [5, 5.41) is 9.34. The van der Waals surface area contributed by atoms with E-state index in [0.717, 1.165) is 0 Å². The van der Waals surface area contributed by atoms with Crippen molar-refractivity contribution >= 4 is 16.9 Å². The molecule has 0 aliphatic carbocycles. The van der Waals surface area contributed by atoms with Crippen LogP contribution in [0.3, 0.4) is 0 Å². The molecule has 0 amide bonds. The van der Waals surface area contributed by atoms with Crippen molar-refractivity contribution in [1.82, 2.24) is 4.98 Å². The molecule has 0 spiro atoms. The van der Waals surface area contributed by atoms with Crippen molar-refractivity contribution in [3.63, 3.8) is 0 Å². The predicted octanol–water partition coefficient (Wildman–Crippen LogP) is 2.08. The van der Waals surface area contributed by atoms with E-state index in [9.17, 15) is 9.18 Å². The lowest BCUT2D eigenvalue weighted by Crippen LogP contribution is -2.02. The molecule has 82 valence electrons. The third-order valence-corrected chi connectivity index (χ3v) is 2.17. The molecule has 0 aliphatic heterocycles. The molecule has 0 fully saturated rings. The highest BCUT2D eigenvalue weighted by molar-refractivity contribution is 5.95. The molecule has 2 aromatic rings. The van der Waals surface area contributed by atoms with Gasteiger partial charge in [0.25, 0.3) is 0 Å². The van der Waals surface area contributed by atoms with Gasteiger partial charge in [0.2, 0.25) is 5.88 Å². The number of carboxylic acid groups (broad SMARTS) is 1. The number of pyridine rings is 1. The van der Waals surface area contributed by atoms with Gasteiger partial charge < -0.3 is 9.84 Å². The number of ether oxygens (including phenoxy) is 1. The van der Waals surface area contributed by atoms with Crippen molar-refractivity contribution in [2.45, 2.75) is 0 Å². The Kier molecular flexibility index (Phi) is 2.44. The van der Waals surface area contributed by atoms with Crippen molar-refractivity contribution in [3.8, 4) is 5.88 Å². The van der Waals surface area contributed by atoms with E-state index >= 15 is 0 Å². The summed E-state index contributed by atoms with van der Waals surface area (Å²) in [4.78, 5) is 14.9. The highest BCUT2D eigenvalue weighted by Gasteiger charge is 2.13. The number of benzene rings is 1. The van der Waals surface area contributed by atoms with Crippen LogP contribution in [0, 0.1) is 5.82 Å². The first kappa shape index (κ1) is 10.4. The molecule has 1 heterocycles. The molecule has 0 saturated carbocycles. The number of halogens is 1. The molecule has 0 atom stereocenters. The fraction of sp³-hybridized carbons (Fsp3) is 0.0909. The Labute approximate surface area is 90.3 Å². The molecule has 5 heteroatoms. The molecule has 1 N–H and O–H groups in total. The topological polar surface area (TPSA) is 59.4 Å². The van der Waals surface area contributed by atoms with Gasteiger partial charge in [0.05, 0.1) is 12.6 Å². The van der Waals surface area contributed by atoms with E-state index in [1.807, 2.05) is 0 Å². The Bertz CT molecular complexity index is 568. The smallest absolute Gasteiger partial charge is 0.341 e. The summed E-state index contributed by atoms with van der Waals surface area (Å²) in [5.41, 5.74) is 0.406. The molecule has 4 nitrogen and oxygen atoms in total. The van der Waals surface area contributed by atoms with Gasteiger partial charge in [-0.1, -0.05) is 0 Å². The monoisotopic (exact) mass is 221 g/mol. The summed E-state index contributed by atoms with van der Waals surface area (Å²) < 4.78 is 17.8. The van der Waals surface area contributed by atoms with Crippen LogP contribution in [0.5, 0.6) is 5.88 Å². The van der Waals surface area contributed by atoms with Crippen molar-refractivity contribution in [2.75, 3.05) is 7.11 Å². The lowest BCUT2D eigenvalue weighted by atomic mass is 10.1. The van der Waals surface area contributed by atoms with E-state index < -0.39 is 11.8 Å². The minimum absolute atomic E-state index is 0.0200. The third-order valence-electron chi connectivity index (χ3n) is 2.17. The van der Waals surface area contributed by atoms with Gasteiger partial charge in [-0.15, -0.1) is 0 Å². The van der Waals surface area contributed by atoms with E-state index in [4.69, 9.17) is 9.84 Å². The number of carboxylic acids is 1. The molecule has 0 bridgehead atoms. The molecule has 0 aliphatic rings. The maximum absolute atomic E-state index is 12.9. The minimum atomic E-state index is -1.16. The molecule has 0 unspecified atom stereocenters. The number of nitrogens with zero attached hydrogens (tertiary/aromatic N) is 1. The zero-order valence-electron chi connectivity index (χ0n) is 8.40. The number of carbonyl (C=O) groups is 1. The third kappa shape index (κ3) is 1.67. The highest BCUT2D eigenvalue weighted by Crippen LogP contribution is 2.22. The molecule has 1 aromatic carbocycles. The fourth-order valence-corrected chi connectivity index (χ4v) is 1.44. The largest absolute Gasteiger partial charge is 0.480 e. The second-order valence-corrected chi connectivity index (χ2v) is 3.19. The summed E-state index contributed by atoms with van der Waals surface area (Å²) >= 11 is 0. The predicted molar refractivity (Wildman–Crippen MR) is 55.2 cm³/mol. The van der Waals surface area contributed by atoms with Crippen LogP contribution in [0.2, 0.25) is 0 Å². The normalized spacial score (nSPS) is 10.4. The van der Waals surface area contributed by atoms with Crippen LogP contribution < -0.4 is 4.74 Å². The zero-order valence-corrected chi connectivity index (χ0v) is 8.40. The first-order valence-electron chi connectivity index (χ1n) is 4.49. The summed E-state index contributed by atoms with van der Waals surface area (Å²) in [5.74, 6) is -1.57. The van der Waals surface area contributed by atoms with E-state index in [0.29, 0.717) is 10.9 Å². The lowest BCUT2D eigenvalue weighted by Gasteiger charge is -2.05. The molecule has 1 aromatic heterocycles. The quantitative estimate of drug-likeness (QED) is 0.843. The Morgan fingerprint density at radius 3 is 2.81 bits per heavy atom. The van der Waals surface area contributed by atoms with E-state index in [1.54, 1.807) is 0 Å². The summed E-state index contributed by atoms with van der Waals surface area (Å²) in [6.45, 7) is 0. The zero-order chi connectivity index (χ0) is 11.7. The number of methoxy groups -OCH3 is 1. The molecule has 2 rings (SSSR count). The van der Waals surface area contributed by atoms with E-state index in [2.05, 4.69) is 4.98 Å². The molecule has 0 radical (unpaired) electrons. The van der Waals surface area contributed by atoms with Crippen LogP contribution in [-0.4, -0.2) is 23.2 Å². The van der Waals surface area contributed by atoms with Crippen LogP contribution in [0.15, 0.2) is 24.3 Å². The maximum Gasteiger partial charge on any atom is 0.341 e. The van der Waals surface area contributed by atoms with Crippen LogP contribution in [-0.2, 0) is 0 Å². The van der Waals surface area contributed by atoms with Crippen LogP contribution in [0.4, 0.5) is 4.39 Å². The number of rotatable bonds is 2. The van der Waals surface area contributed by atoms with Gasteiger partial charge in [-0.3, -0.25) is 0 Å². The van der Waals surface area contributed by atoms with Gasteiger partial charge in [0.15, 0.2) is 0 Å². The Hall–Kier alpha value is -2.17. The van der Waals surface area contributed by atoms with Gasteiger partial charge in [-0.2, -0.15) is 0 Å².